The zero-order valence-corrected chi connectivity index (χ0v) is 15.1. The number of aryl methyl sites for hydroxylation is 1. The number of ether oxygens (including phenoxy) is 1. The number of rotatable bonds is 7. The van der Waals surface area contributed by atoms with Crippen molar-refractivity contribution in [2.24, 2.45) is 5.41 Å². The molecule has 2 N–H and O–H groups in total. The first-order chi connectivity index (χ1) is 10.7. The van der Waals surface area contributed by atoms with Gasteiger partial charge in [-0.2, -0.15) is 0 Å². The smallest absolute Gasteiger partial charge is 0.239 e. The van der Waals surface area contributed by atoms with Crippen LogP contribution in [-0.2, 0) is 9.59 Å². The Hall–Kier alpha value is -1.75. The van der Waals surface area contributed by atoms with Crippen LogP contribution in [0.3, 0.4) is 0 Å². The third-order valence-electron chi connectivity index (χ3n) is 3.68. The van der Waals surface area contributed by atoms with E-state index in [1.54, 1.807) is 26.0 Å². The molecule has 128 valence electrons. The van der Waals surface area contributed by atoms with E-state index in [-0.39, 0.29) is 5.91 Å². The topological polar surface area (TPSA) is 67.4 Å². The van der Waals surface area contributed by atoms with Crippen LogP contribution in [-0.4, -0.2) is 25.5 Å². The van der Waals surface area contributed by atoms with Gasteiger partial charge in [-0.3, -0.25) is 9.59 Å². The van der Waals surface area contributed by atoms with Crippen molar-refractivity contribution in [1.82, 2.24) is 5.32 Å². The van der Waals surface area contributed by atoms with Gasteiger partial charge in [-0.05, 0) is 38.8 Å². The van der Waals surface area contributed by atoms with E-state index < -0.39 is 11.3 Å². The fourth-order valence-electron chi connectivity index (χ4n) is 1.91. The van der Waals surface area contributed by atoms with E-state index in [2.05, 4.69) is 10.6 Å². The van der Waals surface area contributed by atoms with E-state index in [0.29, 0.717) is 23.0 Å². The normalized spacial score (nSPS) is 11.0. The highest BCUT2D eigenvalue weighted by atomic mass is 35.5. The van der Waals surface area contributed by atoms with Crippen molar-refractivity contribution >= 4 is 29.1 Å². The molecular formula is C17H25ClN2O3. The lowest BCUT2D eigenvalue weighted by Crippen LogP contribution is -2.45. The number of hydrogen-bond acceptors (Lipinski definition) is 3. The highest BCUT2D eigenvalue weighted by molar-refractivity contribution is 6.31. The Morgan fingerprint density at radius 1 is 1.26 bits per heavy atom. The molecule has 0 unspecified atom stereocenters. The largest absolute Gasteiger partial charge is 0.495 e. The van der Waals surface area contributed by atoms with Gasteiger partial charge >= 0.3 is 0 Å². The van der Waals surface area contributed by atoms with E-state index in [1.165, 1.54) is 7.11 Å². The van der Waals surface area contributed by atoms with Crippen molar-refractivity contribution in [3.63, 3.8) is 0 Å². The number of carbonyl (C=O) groups is 2. The third-order valence-corrected chi connectivity index (χ3v) is 4.09. The molecule has 0 radical (unpaired) electrons. The lowest BCUT2D eigenvalue weighted by atomic mass is 9.90. The zero-order chi connectivity index (χ0) is 17.6. The van der Waals surface area contributed by atoms with E-state index in [1.807, 2.05) is 13.8 Å². The van der Waals surface area contributed by atoms with Crippen molar-refractivity contribution in [1.29, 1.82) is 0 Å². The first-order valence-corrected chi connectivity index (χ1v) is 8.05. The van der Waals surface area contributed by atoms with Crippen LogP contribution >= 0.6 is 11.6 Å². The molecular weight excluding hydrogens is 316 g/mol. The van der Waals surface area contributed by atoms with E-state index in [4.69, 9.17) is 16.3 Å². The number of carbonyl (C=O) groups excluding carboxylic acids is 2. The van der Waals surface area contributed by atoms with Gasteiger partial charge in [0.15, 0.2) is 0 Å². The van der Waals surface area contributed by atoms with Crippen LogP contribution in [0.2, 0.25) is 5.02 Å². The molecule has 0 spiro atoms. The van der Waals surface area contributed by atoms with Crippen molar-refractivity contribution in [2.75, 3.05) is 19.0 Å². The average Bonchev–Trinajstić information content (AvgIpc) is 2.50. The summed E-state index contributed by atoms with van der Waals surface area (Å²) in [4.78, 5) is 24.7. The molecule has 0 aromatic heterocycles. The fourth-order valence-corrected chi connectivity index (χ4v) is 2.06. The van der Waals surface area contributed by atoms with Gasteiger partial charge in [-0.25, -0.2) is 0 Å². The minimum Gasteiger partial charge on any atom is -0.495 e. The summed E-state index contributed by atoms with van der Waals surface area (Å²) in [5.74, 6) is -0.240. The van der Waals surface area contributed by atoms with Gasteiger partial charge in [0.25, 0.3) is 0 Å². The van der Waals surface area contributed by atoms with Crippen LogP contribution in [0, 0.1) is 12.3 Å². The second kappa shape index (κ2) is 8.20. The van der Waals surface area contributed by atoms with Crippen LogP contribution < -0.4 is 15.4 Å². The van der Waals surface area contributed by atoms with Gasteiger partial charge in [-0.1, -0.05) is 24.9 Å². The molecule has 0 aliphatic heterocycles. The molecule has 1 aromatic carbocycles. The number of hydrogen-bond donors (Lipinski definition) is 2. The molecule has 23 heavy (non-hydrogen) atoms. The third kappa shape index (κ3) is 4.86. The molecule has 5 nitrogen and oxygen atoms in total. The molecule has 0 aliphatic rings. The predicted octanol–water partition coefficient (Wildman–Crippen LogP) is 3.54. The number of halogens is 1. The number of nitrogens with one attached hydrogen (secondary N) is 2. The summed E-state index contributed by atoms with van der Waals surface area (Å²) in [6.07, 6.45) is 1.86. The van der Waals surface area contributed by atoms with Crippen LogP contribution in [0.15, 0.2) is 12.1 Å². The summed E-state index contributed by atoms with van der Waals surface area (Å²) in [5, 5.41) is 6.10. The Morgan fingerprint density at radius 2 is 1.91 bits per heavy atom. The number of methoxy groups -OCH3 is 1. The number of benzene rings is 1. The standard InChI is InChI=1S/C17H25ClN2O3/c1-6-7-8-19-15(21)17(3,4)16(22)20-13-9-11(2)12(18)10-14(13)23-5/h9-10H,6-8H2,1-5H3,(H,19,21)(H,20,22). The maximum atomic E-state index is 12.5. The highest BCUT2D eigenvalue weighted by Crippen LogP contribution is 2.32. The minimum atomic E-state index is -1.19. The molecule has 6 heteroatoms. The maximum Gasteiger partial charge on any atom is 0.239 e. The van der Waals surface area contributed by atoms with Crippen molar-refractivity contribution in [3.8, 4) is 5.75 Å². The van der Waals surface area contributed by atoms with Crippen molar-refractivity contribution < 1.29 is 14.3 Å². The summed E-state index contributed by atoms with van der Waals surface area (Å²) in [7, 11) is 1.50. The quantitative estimate of drug-likeness (QED) is 0.589. The summed E-state index contributed by atoms with van der Waals surface area (Å²) < 4.78 is 5.23. The number of unbranched alkanes of at least 4 members (excludes halogenated alkanes) is 1. The molecule has 0 saturated heterocycles. The number of anilines is 1. The maximum absolute atomic E-state index is 12.5. The molecule has 1 aromatic rings. The first kappa shape index (κ1) is 19.3. The van der Waals surface area contributed by atoms with Crippen molar-refractivity contribution in [2.45, 2.75) is 40.5 Å². The Balaban J connectivity index is 2.89. The molecule has 2 amide bonds. The molecule has 0 aliphatic carbocycles. The average molecular weight is 341 g/mol. The van der Waals surface area contributed by atoms with Crippen LogP contribution in [0.4, 0.5) is 5.69 Å². The molecule has 0 fully saturated rings. The summed E-state index contributed by atoms with van der Waals surface area (Å²) in [5.41, 5.74) is 0.119. The Bertz CT molecular complexity index is 585. The molecule has 0 bridgehead atoms. The fraction of sp³-hybridized carbons (Fsp3) is 0.529. The van der Waals surface area contributed by atoms with Crippen molar-refractivity contribution in [3.05, 3.63) is 22.7 Å². The lowest BCUT2D eigenvalue weighted by molar-refractivity contribution is -0.138. The SMILES string of the molecule is CCCCNC(=O)C(C)(C)C(=O)Nc1cc(C)c(Cl)cc1OC. The summed E-state index contributed by atoms with van der Waals surface area (Å²) >= 11 is 6.06. The number of amides is 2. The van der Waals surface area contributed by atoms with Gasteiger partial charge in [0.2, 0.25) is 11.8 Å². The molecule has 1 rings (SSSR count). The van der Waals surface area contributed by atoms with Crippen LogP contribution in [0.25, 0.3) is 0 Å². The van der Waals surface area contributed by atoms with Gasteiger partial charge in [0.1, 0.15) is 11.2 Å². The second-order valence-corrected chi connectivity index (χ2v) is 6.40. The Morgan fingerprint density at radius 3 is 2.48 bits per heavy atom. The highest BCUT2D eigenvalue weighted by Gasteiger charge is 2.36. The summed E-state index contributed by atoms with van der Waals surface area (Å²) in [6.45, 7) is 7.63. The van der Waals surface area contributed by atoms with E-state index in [0.717, 1.165) is 18.4 Å². The van der Waals surface area contributed by atoms with Gasteiger partial charge in [0, 0.05) is 17.6 Å². The van der Waals surface area contributed by atoms with Crippen LogP contribution in [0.5, 0.6) is 5.75 Å². The Labute approximate surface area is 142 Å². The first-order valence-electron chi connectivity index (χ1n) is 7.67. The summed E-state index contributed by atoms with van der Waals surface area (Å²) in [6, 6.07) is 3.37. The van der Waals surface area contributed by atoms with E-state index in [9.17, 15) is 9.59 Å². The van der Waals surface area contributed by atoms with E-state index >= 15 is 0 Å². The predicted molar refractivity (Wildman–Crippen MR) is 93.1 cm³/mol. The van der Waals surface area contributed by atoms with Gasteiger partial charge in [-0.15, -0.1) is 0 Å². The lowest BCUT2D eigenvalue weighted by Gasteiger charge is -2.23. The van der Waals surface area contributed by atoms with Crippen LogP contribution in [0.1, 0.15) is 39.2 Å². The molecule has 0 saturated carbocycles. The molecule has 0 heterocycles. The Kier molecular flexibility index (Phi) is 6.88. The monoisotopic (exact) mass is 340 g/mol. The van der Waals surface area contributed by atoms with Gasteiger partial charge < -0.3 is 15.4 Å². The molecule has 0 atom stereocenters. The second-order valence-electron chi connectivity index (χ2n) is 5.99. The van der Waals surface area contributed by atoms with Gasteiger partial charge in [0.05, 0.1) is 12.8 Å². The minimum absolute atomic E-state index is 0.298. The zero-order valence-electron chi connectivity index (χ0n) is 14.4.